The highest BCUT2D eigenvalue weighted by atomic mass is 16.4. The van der Waals surface area contributed by atoms with Gasteiger partial charge in [-0.1, -0.05) is 19.4 Å². The Balaban J connectivity index is 2.35. The summed E-state index contributed by atoms with van der Waals surface area (Å²) >= 11 is 0. The highest BCUT2D eigenvalue weighted by Crippen LogP contribution is 2.39. The fourth-order valence-corrected chi connectivity index (χ4v) is 3.15. The van der Waals surface area contributed by atoms with E-state index in [0.29, 0.717) is 31.5 Å². The van der Waals surface area contributed by atoms with Crippen molar-refractivity contribution in [1.29, 1.82) is 0 Å². The highest BCUT2D eigenvalue weighted by molar-refractivity contribution is 5.99. The molecule has 1 aliphatic heterocycles. The van der Waals surface area contributed by atoms with Crippen LogP contribution in [-0.4, -0.2) is 30.1 Å². The van der Waals surface area contributed by atoms with Crippen LogP contribution in [0.4, 0.5) is 5.69 Å². The molecule has 1 aromatic rings. The van der Waals surface area contributed by atoms with Crippen LogP contribution in [0.15, 0.2) is 18.2 Å². The summed E-state index contributed by atoms with van der Waals surface area (Å²) in [5, 5.41) is 9.57. The first-order valence-electron chi connectivity index (χ1n) is 7.28. The van der Waals surface area contributed by atoms with Crippen LogP contribution in [0.3, 0.4) is 0 Å². The van der Waals surface area contributed by atoms with Crippen molar-refractivity contribution in [2.75, 3.05) is 18.0 Å². The zero-order chi connectivity index (χ0) is 15.6. The summed E-state index contributed by atoms with van der Waals surface area (Å²) in [6, 6.07) is 5.47. The van der Waals surface area contributed by atoms with Crippen molar-refractivity contribution in [2.45, 2.75) is 33.1 Å². The van der Waals surface area contributed by atoms with Gasteiger partial charge in [0.1, 0.15) is 0 Å². The van der Waals surface area contributed by atoms with Crippen molar-refractivity contribution < 1.29 is 14.7 Å². The van der Waals surface area contributed by atoms with E-state index in [2.05, 4.69) is 0 Å². The predicted octanol–water partition coefficient (Wildman–Crippen LogP) is 2.18. The van der Waals surface area contributed by atoms with Gasteiger partial charge in [0.2, 0.25) is 0 Å². The van der Waals surface area contributed by atoms with Crippen LogP contribution in [-0.2, 0) is 4.79 Å². The van der Waals surface area contributed by atoms with Crippen LogP contribution in [0.25, 0.3) is 0 Å². The summed E-state index contributed by atoms with van der Waals surface area (Å²) in [5.74, 6) is -1.23. The minimum atomic E-state index is -0.750. The molecule has 1 saturated heterocycles. The van der Waals surface area contributed by atoms with E-state index in [1.165, 1.54) is 0 Å². The molecule has 0 spiro atoms. The number of carboxylic acids is 1. The molecular formula is C16H22N2O3. The maximum Gasteiger partial charge on any atom is 0.311 e. The zero-order valence-electron chi connectivity index (χ0n) is 12.6. The first-order chi connectivity index (χ1) is 9.89. The topological polar surface area (TPSA) is 83.6 Å². The average Bonchev–Trinajstić information content (AvgIpc) is 2.84. The molecule has 1 aromatic carbocycles. The quantitative estimate of drug-likeness (QED) is 0.870. The fourth-order valence-electron chi connectivity index (χ4n) is 3.15. The van der Waals surface area contributed by atoms with Crippen molar-refractivity contribution >= 4 is 17.6 Å². The van der Waals surface area contributed by atoms with E-state index in [1.807, 2.05) is 30.9 Å². The number of anilines is 1. The molecule has 1 unspecified atom stereocenters. The van der Waals surface area contributed by atoms with Crippen molar-refractivity contribution in [1.82, 2.24) is 0 Å². The monoisotopic (exact) mass is 290 g/mol. The second kappa shape index (κ2) is 5.76. The molecule has 1 heterocycles. The van der Waals surface area contributed by atoms with Crippen molar-refractivity contribution in [2.24, 2.45) is 11.1 Å². The Morgan fingerprint density at radius 1 is 1.43 bits per heavy atom. The van der Waals surface area contributed by atoms with E-state index in [0.717, 1.165) is 17.7 Å². The van der Waals surface area contributed by atoms with Gasteiger partial charge in [-0.2, -0.15) is 0 Å². The SMILES string of the molecule is CCCC1(C(=O)O)CCN(c2cc(C)ccc2C(N)=O)C1. The van der Waals surface area contributed by atoms with Gasteiger partial charge in [0.25, 0.3) is 5.91 Å². The second-order valence-corrected chi connectivity index (χ2v) is 5.89. The van der Waals surface area contributed by atoms with Gasteiger partial charge < -0.3 is 15.7 Å². The number of aliphatic carboxylic acids is 1. The highest BCUT2D eigenvalue weighted by Gasteiger charge is 2.44. The summed E-state index contributed by atoms with van der Waals surface area (Å²) in [5.41, 5.74) is 6.96. The number of hydrogen-bond acceptors (Lipinski definition) is 3. The third kappa shape index (κ3) is 2.86. The van der Waals surface area contributed by atoms with Gasteiger partial charge in [-0.05, 0) is 37.5 Å². The Hall–Kier alpha value is -2.04. The smallest absolute Gasteiger partial charge is 0.311 e. The maximum absolute atomic E-state index is 11.7. The molecule has 1 fully saturated rings. The van der Waals surface area contributed by atoms with E-state index >= 15 is 0 Å². The molecule has 1 amide bonds. The molecule has 5 heteroatoms. The van der Waals surface area contributed by atoms with Gasteiger partial charge in [0.05, 0.1) is 11.0 Å². The van der Waals surface area contributed by atoms with Crippen LogP contribution < -0.4 is 10.6 Å². The van der Waals surface area contributed by atoms with E-state index in [4.69, 9.17) is 5.73 Å². The number of carboxylic acid groups (broad SMARTS) is 1. The van der Waals surface area contributed by atoms with E-state index in [9.17, 15) is 14.7 Å². The third-order valence-electron chi connectivity index (χ3n) is 4.30. The van der Waals surface area contributed by atoms with E-state index in [-0.39, 0.29) is 0 Å². The molecule has 2 rings (SSSR count). The van der Waals surface area contributed by atoms with Gasteiger partial charge in [-0.3, -0.25) is 9.59 Å². The lowest BCUT2D eigenvalue weighted by Gasteiger charge is -2.26. The van der Waals surface area contributed by atoms with Gasteiger partial charge in [0, 0.05) is 18.8 Å². The fraction of sp³-hybridized carbons (Fsp3) is 0.500. The molecule has 0 bridgehead atoms. The Kier molecular flexibility index (Phi) is 4.21. The van der Waals surface area contributed by atoms with Gasteiger partial charge in [-0.25, -0.2) is 0 Å². The summed E-state index contributed by atoms with van der Waals surface area (Å²) in [4.78, 5) is 25.2. The molecule has 0 radical (unpaired) electrons. The summed E-state index contributed by atoms with van der Waals surface area (Å²) in [6.07, 6.45) is 2.08. The minimum Gasteiger partial charge on any atom is -0.481 e. The standard InChI is InChI=1S/C16H22N2O3/c1-3-6-16(15(20)21)7-8-18(10-16)13-9-11(2)4-5-12(13)14(17)19/h4-5,9H,3,6-8,10H2,1-2H3,(H2,17,19)(H,20,21). The third-order valence-corrected chi connectivity index (χ3v) is 4.30. The van der Waals surface area contributed by atoms with Crippen LogP contribution in [0.5, 0.6) is 0 Å². The van der Waals surface area contributed by atoms with Gasteiger partial charge in [0.15, 0.2) is 0 Å². The van der Waals surface area contributed by atoms with Crippen LogP contribution in [0.1, 0.15) is 42.1 Å². The van der Waals surface area contributed by atoms with Crippen molar-refractivity contribution in [3.05, 3.63) is 29.3 Å². The van der Waals surface area contributed by atoms with Gasteiger partial charge in [-0.15, -0.1) is 0 Å². The maximum atomic E-state index is 11.7. The number of carbonyl (C=O) groups is 2. The molecule has 114 valence electrons. The molecule has 1 atom stereocenters. The molecule has 1 aliphatic rings. The average molecular weight is 290 g/mol. The summed E-state index contributed by atoms with van der Waals surface area (Å²) < 4.78 is 0. The first kappa shape index (κ1) is 15.4. The normalized spacial score (nSPS) is 21.5. The Bertz CT molecular complexity index is 571. The Morgan fingerprint density at radius 2 is 2.14 bits per heavy atom. The Morgan fingerprint density at radius 3 is 2.71 bits per heavy atom. The number of rotatable bonds is 5. The second-order valence-electron chi connectivity index (χ2n) is 5.89. The van der Waals surface area contributed by atoms with E-state index in [1.54, 1.807) is 6.07 Å². The van der Waals surface area contributed by atoms with Crippen molar-refractivity contribution in [3.63, 3.8) is 0 Å². The molecule has 3 N–H and O–H groups in total. The lowest BCUT2D eigenvalue weighted by Crippen LogP contribution is -2.35. The number of nitrogens with zero attached hydrogens (tertiary/aromatic N) is 1. The van der Waals surface area contributed by atoms with Crippen molar-refractivity contribution in [3.8, 4) is 0 Å². The number of amides is 1. The molecular weight excluding hydrogens is 268 g/mol. The lowest BCUT2D eigenvalue weighted by atomic mass is 9.83. The largest absolute Gasteiger partial charge is 0.481 e. The van der Waals surface area contributed by atoms with Crippen LogP contribution in [0, 0.1) is 12.3 Å². The number of aryl methyl sites for hydroxylation is 1. The van der Waals surface area contributed by atoms with Crippen LogP contribution >= 0.6 is 0 Å². The van der Waals surface area contributed by atoms with E-state index < -0.39 is 17.3 Å². The molecule has 0 saturated carbocycles. The predicted molar refractivity (Wildman–Crippen MR) is 81.5 cm³/mol. The molecule has 21 heavy (non-hydrogen) atoms. The number of hydrogen-bond donors (Lipinski definition) is 2. The molecule has 5 nitrogen and oxygen atoms in total. The number of nitrogens with two attached hydrogens (primary N) is 1. The number of benzene rings is 1. The molecule has 0 aliphatic carbocycles. The summed E-state index contributed by atoms with van der Waals surface area (Å²) in [6.45, 7) is 5.01. The van der Waals surface area contributed by atoms with Crippen LogP contribution in [0.2, 0.25) is 0 Å². The first-order valence-corrected chi connectivity index (χ1v) is 7.28. The van der Waals surface area contributed by atoms with Gasteiger partial charge >= 0.3 is 5.97 Å². The lowest BCUT2D eigenvalue weighted by molar-refractivity contribution is -0.148. The summed E-state index contributed by atoms with van der Waals surface area (Å²) in [7, 11) is 0. The number of primary amides is 1. The zero-order valence-corrected chi connectivity index (χ0v) is 12.6. The number of carbonyl (C=O) groups excluding carboxylic acids is 1. The Labute approximate surface area is 124 Å². The minimum absolute atomic E-state index is 0.430. The molecule has 0 aromatic heterocycles.